The normalized spacial score (nSPS) is 12.6. The van der Waals surface area contributed by atoms with Crippen LogP contribution in [-0.4, -0.2) is 14.5 Å². The molecular weight excluding hydrogens is 224 g/mol. The number of imidazole rings is 1. The lowest BCUT2D eigenvalue weighted by Crippen LogP contribution is -2.07. The maximum absolute atomic E-state index is 8.82. The van der Waals surface area contributed by atoms with E-state index < -0.39 is 0 Å². The van der Waals surface area contributed by atoms with E-state index in [9.17, 15) is 0 Å². The molecule has 1 unspecified atom stereocenters. The molecule has 0 fully saturated rings. The van der Waals surface area contributed by atoms with Crippen molar-refractivity contribution in [2.24, 2.45) is 5.92 Å². The molecular formula is C11H11ClN4. The zero-order valence-electron chi connectivity index (χ0n) is 9.11. The Labute approximate surface area is 98.5 Å². The number of fused-ring (bicyclic) bond motifs is 1. The molecule has 0 N–H and O–H groups in total. The molecule has 2 rings (SSSR count). The second-order valence-electron chi connectivity index (χ2n) is 3.80. The quantitative estimate of drug-likeness (QED) is 0.803. The Bertz CT molecular complexity index is 567. The van der Waals surface area contributed by atoms with Gasteiger partial charge in [-0.3, -0.25) is 0 Å². The van der Waals surface area contributed by atoms with E-state index in [-0.39, 0.29) is 5.92 Å². The first-order valence-corrected chi connectivity index (χ1v) is 5.37. The van der Waals surface area contributed by atoms with Gasteiger partial charge in [-0.2, -0.15) is 5.26 Å². The van der Waals surface area contributed by atoms with Crippen LogP contribution in [0.3, 0.4) is 0 Å². The molecule has 0 aromatic carbocycles. The summed E-state index contributed by atoms with van der Waals surface area (Å²) in [5.74, 6) is 0.792. The molecule has 0 spiro atoms. The van der Waals surface area contributed by atoms with E-state index in [2.05, 4.69) is 16.0 Å². The summed E-state index contributed by atoms with van der Waals surface area (Å²) in [6.45, 7) is 4.38. The third kappa shape index (κ3) is 1.86. The van der Waals surface area contributed by atoms with Gasteiger partial charge in [-0.1, -0.05) is 11.6 Å². The molecule has 0 aliphatic heterocycles. The topological polar surface area (TPSA) is 54.5 Å². The largest absolute Gasteiger partial charge is 0.312 e. The monoisotopic (exact) mass is 234 g/mol. The Morgan fingerprint density at radius 1 is 1.62 bits per heavy atom. The van der Waals surface area contributed by atoms with Crippen molar-refractivity contribution in [1.82, 2.24) is 14.5 Å². The van der Waals surface area contributed by atoms with E-state index in [1.807, 2.05) is 18.4 Å². The van der Waals surface area contributed by atoms with Crippen molar-refractivity contribution in [3.05, 3.63) is 23.1 Å². The van der Waals surface area contributed by atoms with Crippen LogP contribution in [0.5, 0.6) is 0 Å². The maximum Gasteiger partial charge on any atom is 0.160 e. The first-order valence-electron chi connectivity index (χ1n) is 5.00. The fraction of sp³-hybridized carbons (Fsp3) is 0.364. The van der Waals surface area contributed by atoms with Crippen molar-refractivity contribution in [3.63, 3.8) is 0 Å². The molecule has 1 atom stereocenters. The summed E-state index contributed by atoms with van der Waals surface area (Å²) < 4.78 is 1.94. The summed E-state index contributed by atoms with van der Waals surface area (Å²) >= 11 is 5.85. The van der Waals surface area contributed by atoms with Gasteiger partial charge in [-0.05, 0) is 19.9 Å². The second-order valence-corrected chi connectivity index (χ2v) is 4.23. The van der Waals surface area contributed by atoms with Crippen molar-refractivity contribution in [2.75, 3.05) is 0 Å². The van der Waals surface area contributed by atoms with Crippen molar-refractivity contribution in [2.45, 2.75) is 20.4 Å². The molecule has 0 bridgehead atoms. The molecule has 2 aromatic rings. The van der Waals surface area contributed by atoms with Gasteiger partial charge >= 0.3 is 0 Å². The fourth-order valence-corrected chi connectivity index (χ4v) is 1.78. The van der Waals surface area contributed by atoms with E-state index in [1.54, 1.807) is 12.3 Å². The maximum atomic E-state index is 8.82. The lowest BCUT2D eigenvalue weighted by atomic mass is 10.2. The van der Waals surface area contributed by atoms with Crippen LogP contribution >= 0.6 is 11.6 Å². The summed E-state index contributed by atoms with van der Waals surface area (Å²) in [7, 11) is 0. The summed E-state index contributed by atoms with van der Waals surface area (Å²) in [6, 6.07) is 3.99. The Morgan fingerprint density at radius 3 is 3.06 bits per heavy atom. The van der Waals surface area contributed by atoms with Crippen molar-refractivity contribution < 1.29 is 0 Å². The van der Waals surface area contributed by atoms with Crippen LogP contribution in [0.1, 0.15) is 12.7 Å². The van der Waals surface area contributed by atoms with Crippen LogP contribution in [0, 0.1) is 24.2 Å². The number of aromatic nitrogens is 3. The number of aryl methyl sites for hydroxylation is 1. The average Bonchev–Trinajstić information content (AvgIpc) is 2.54. The minimum Gasteiger partial charge on any atom is -0.312 e. The predicted octanol–water partition coefficient (Wildman–Crippen LogP) is 2.55. The molecule has 82 valence electrons. The number of hydrogen-bond acceptors (Lipinski definition) is 3. The van der Waals surface area contributed by atoms with Gasteiger partial charge in [0.2, 0.25) is 0 Å². The number of rotatable bonds is 2. The summed E-state index contributed by atoms with van der Waals surface area (Å²) in [6.07, 6.45) is 1.60. The molecule has 2 heterocycles. The average molecular weight is 235 g/mol. The van der Waals surface area contributed by atoms with Crippen molar-refractivity contribution in [3.8, 4) is 6.07 Å². The lowest BCUT2D eigenvalue weighted by molar-refractivity contribution is 0.577. The standard InChI is InChI=1S/C11H11ClN4/c1-7(4-13)6-16-8(2)15-10-3-9(12)5-14-11(10)16/h3,5,7H,6H2,1-2H3. The van der Waals surface area contributed by atoms with E-state index in [1.165, 1.54) is 0 Å². The van der Waals surface area contributed by atoms with Crippen LogP contribution < -0.4 is 0 Å². The lowest BCUT2D eigenvalue weighted by Gasteiger charge is -2.06. The summed E-state index contributed by atoms with van der Waals surface area (Å²) in [4.78, 5) is 8.62. The van der Waals surface area contributed by atoms with E-state index in [0.29, 0.717) is 11.6 Å². The van der Waals surface area contributed by atoms with E-state index >= 15 is 0 Å². The zero-order valence-corrected chi connectivity index (χ0v) is 9.86. The van der Waals surface area contributed by atoms with Crippen LogP contribution in [0.15, 0.2) is 12.3 Å². The minimum absolute atomic E-state index is 0.0615. The van der Waals surface area contributed by atoms with Crippen LogP contribution in [0.4, 0.5) is 0 Å². The van der Waals surface area contributed by atoms with Gasteiger partial charge in [0, 0.05) is 12.7 Å². The Kier molecular flexibility index (Phi) is 2.80. The molecule has 16 heavy (non-hydrogen) atoms. The van der Waals surface area contributed by atoms with Gasteiger partial charge in [0.05, 0.1) is 17.0 Å². The highest BCUT2D eigenvalue weighted by atomic mass is 35.5. The summed E-state index contributed by atoms with van der Waals surface area (Å²) in [5.41, 5.74) is 1.55. The molecule has 0 radical (unpaired) electrons. The zero-order chi connectivity index (χ0) is 11.7. The highest BCUT2D eigenvalue weighted by molar-refractivity contribution is 6.31. The number of halogens is 1. The Morgan fingerprint density at radius 2 is 2.38 bits per heavy atom. The number of nitrogens with zero attached hydrogens (tertiary/aromatic N) is 4. The first-order chi connectivity index (χ1) is 7.61. The molecule has 0 amide bonds. The molecule has 0 aliphatic carbocycles. The highest BCUT2D eigenvalue weighted by Gasteiger charge is 2.11. The van der Waals surface area contributed by atoms with Crippen LogP contribution in [0.2, 0.25) is 5.02 Å². The minimum atomic E-state index is -0.0615. The Balaban J connectivity index is 2.53. The SMILES string of the molecule is Cc1nc2cc(Cl)cnc2n1CC(C)C#N. The smallest absolute Gasteiger partial charge is 0.160 e. The van der Waals surface area contributed by atoms with Crippen LogP contribution in [-0.2, 0) is 6.54 Å². The molecule has 2 aromatic heterocycles. The van der Waals surface area contributed by atoms with Gasteiger partial charge in [-0.25, -0.2) is 9.97 Å². The van der Waals surface area contributed by atoms with Crippen molar-refractivity contribution >= 4 is 22.8 Å². The second kappa shape index (κ2) is 4.11. The predicted molar refractivity (Wildman–Crippen MR) is 62.1 cm³/mol. The number of hydrogen-bond donors (Lipinski definition) is 0. The highest BCUT2D eigenvalue weighted by Crippen LogP contribution is 2.18. The molecule has 0 saturated heterocycles. The number of nitriles is 1. The van der Waals surface area contributed by atoms with Gasteiger partial charge in [0.15, 0.2) is 5.65 Å². The molecule has 5 heteroatoms. The third-order valence-corrected chi connectivity index (χ3v) is 2.63. The first kappa shape index (κ1) is 10.9. The number of pyridine rings is 1. The van der Waals surface area contributed by atoms with Crippen molar-refractivity contribution in [1.29, 1.82) is 5.26 Å². The van der Waals surface area contributed by atoms with Gasteiger partial charge in [-0.15, -0.1) is 0 Å². The Hall–Kier alpha value is -1.60. The van der Waals surface area contributed by atoms with E-state index in [4.69, 9.17) is 16.9 Å². The van der Waals surface area contributed by atoms with Gasteiger partial charge < -0.3 is 4.57 Å². The van der Waals surface area contributed by atoms with E-state index in [0.717, 1.165) is 17.0 Å². The van der Waals surface area contributed by atoms with Crippen LogP contribution in [0.25, 0.3) is 11.2 Å². The molecule has 0 saturated carbocycles. The molecule has 0 aliphatic rings. The van der Waals surface area contributed by atoms with Gasteiger partial charge in [0.25, 0.3) is 0 Å². The third-order valence-electron chi connectivity index (χ3n) is 2.42. The fourth-order valence-electron chi connectivity index (χ4n) is 1.63. The summed E-state index contributed by atoms with van der Waals surface area (Å²) in [5, 5.41) is 9.39. The van der Waals surface area contributed by atoms with Gasteiger partial charge in [0.1, 0.15) is 11.3 Å². The molecule has 4 nitrogen and oxygen atoms in total.